The molecule has 0 aliphatic heterocycles. The topological polar surface area (TPSA) is 255 Å². The van der Waals surface area contributed by atoms with E-state index in [1.165, 1.54) is 36.4 Å². The van der Waals surface area contributed by atoms with Crippen molar-refractivity contribution in [1.29, 1.82) is 0 Å². The van der Waals surface area contributed by atoms with E-state index in [1.807, 2.05) is 0 Å². The molecule has 0 unspecified atom stereocenters. The average molecular weight is 637 g/mol. The molecule has 1 aliphatic carbocycles. The molecule has 14 heteroatoms. The predicted molar refractivity (Wildman–Crippen MR) is 174 cm³/mol. The standard InChI is InChI=1S/C32H44N8O6/c33-13-3-1-5-25(35)31(45)37-15-11-27(41)39-19-7-9-21-23(17-19)29(43)22-10-8-20(18-24(22)30(21)44)40-28(42)12-16-38-32(46)26(36)6-2-4-14-34/h7-10,17-18,25-26H,1-6,11-16,33-36H2,(H,37,45)(H,38,46)(H,39,41)(H,40,42)/t25-,26-/m0/s1. The number of amides is 4. The molecule has 14 nitrogen and oxygen atoms in total. The number of carbonyl (C=O) groups is 6. The Labute approximate surface area is 267 Å². The summed E-state index contributed by atoms with van der Waals surface area (Å²) in [6.07, 6.45) is 4.01. The van der Waals surface area contributed by atoms with E-state index in [1.54, 1.807) is 0 Å². The molecular formula is C32H44N8O6. The quantitative estimate of drug-likeness (QED) is 0.0884. The van der Waals surface area contributed by atoms with Gasteiger partial charge < -0.3 is 44.2 Å². The minimum Gasteiger partial charge on any atom is -0.354 e. The Hall–Kier alpha value is -4.50. The maximum Gasteiger partial charge on any atom is 0.236 e. The van der Waals surface area contributed by atoms with Gasteiger partial charge in [0.2, 0.25) is 23.6 Å². The van der Waals surface area contributed by atoms with Crippen LogP contribution < -0.4 is 44.2 Å². The lowest BCUT2D eigenvalue weighted by molar-refractivity contribution is -0.123. The zero-order chi connectivity index (χ0) is 33.6. The van der Waals surface area contributed by atoms with Crippen LogP contribution in [0.2, 0.25) is 0 Å². The highest BCUT2D eigenvalue weighted by molar-refractivity contribution is 6.29. The summed E-state index contributed by atoms with van der Waals surface area (Å²) in [5.74, 6) is -2.28. The fraction of sp³-hybridized carbons (Fsp3) is 0.438. The molecule has 46 heavy (non-hydrogen) atoms. The van der Waals surface area contributed by atoms with Crippen LogP contribution in [0, 0.1) is 0 Å². The van der Waals surface area contributed by atoms with Crippen LogP contribution in [0.25, 0.3) is 0 Å². The van der Waals surface area contributed by atoms with Crippen molar-refractivity contribution in [3.8, 4) is 0 Å². The summed E-state index contributed by atoms with van der Waals surface area (Å²) >= 11 is 0. The highest BCUT2D eigenvalue weighted by Gasteiger charge is 2.30. The van der Waals surface area contributed by atoms with Gasteiger partial charge in [-0.2, -0.15) is 0 Å². The van der Waals surface area contributed by atoms with Gasteiger partial charge >= 0.3 is 0 Å². The third-order valence-electron chi connectivity index (χ3n) is 7.50. The zero-order valence-electron chi connectivity index (χ0n) is 25.9. The van der Waals surface area contributed by atoms with Gasteiger partial charge in [0.25, 0.3) is 0 Å². The van der Waals surface area contributed by atoms with Crippen molar-refractivity contribution in [2.24, 2.45) is 22.9 Å². The number of benzene rings is 2. The molecule has 1 aliphatic rings. The first-order valence-electron chi connectivity index (χ1n) is 15.5. The summed E-state index contributed by atoms with van der Waals surface area (Å²) in [6.45, 7) is 1.23. The van der Waals surface area contributed by atoms with E-state index in [0.717, 1.165) is 25.7 Å². The van der Waals surface area contributed by atoms with Crippen LogP contribution in [0.4, 0.5) is 11.4 Å². The van der Waals surface area contributed by atoms with E-state index >= 15 is 0 Å². The Morgan fingerprint density at radius 1 is 0.587 bits per heavy atom. The van der Waals surface area contributed by atoms with Crippen LogP contribution in [0.1, 0.15) is 83.2 Å². The monoisotopic (exact) mass is 636 g/mol. The maximum atomic E-state index is 13.3. The van der Waals surface area contributed by atoms with Gasteiger partial charge in [-0.15, -0.1) is 0 Å². The van der Waals surface area contributed by atoms with E-state index in [0.29, 0.717) is 37.3 Å². The third-order valence-corrected chi connectivity index (χ3v) is 7.50. The molecule has 12 N–H and O–H groups in total. The lowest BCUT2D eigenvalue weighted by Gasteiger charge is -2.19. The minimum absolute atomic E-state index is 0.0162. The number of ketones is 2. The van der Waals surface area contributed by atoms with Gasteiger partial charge in [-0.25, -0.2) is 0 Å². The largest absolute Gasteiger partial charge is 0.354 e. The van der Waals surface area contributed by atoms with Gasteiger partial charge in [0.1, 0.15) is 0 Å². The first kappa shape index (κ1) is 36.0. The molecule has 0 spiro atoms. The number of fused-ring (bicyclic) bond motifs is 2. The summed E-state index contributed by atoms with van der Waals surface area (Å²) in [7, 11) is 0. The Bertz CT molecular complexity index is 1340. The molecule has 2 atom stereocenters. The normalized spacial score (nSPS) is 13.2. The summed E-state index contributed by atoms with van der Waals surface area (Å²) in [5, 5.41) is 10.6. The van der Waals surface area contributed by atoms with Crippen molar-refractivity contribution < 1.29 is 28.8 Å². The smallest absolute Gasteiger partial charge is 0.236 e. The molecule has 2 aromatic rings. The van der Waals surface area contributed by atoms with Gasteiger partial charge in [0.05, 0.1) is 12.1 Å². The second kappa shape index (κ2) is 17.8. The van der Waals surface area contributed by atoms with Crippen molar-refractivity contribution in [2.75, 3.05) is 36.8 Å². The lowest BCUT2D eigenvalue weighted by atomic mass is 9.83. The molecule has 0 saturated heterocycles. The van der Waals surface area contributed by atoms with Crippen LogP contribution >= 0.6 is 0 Å². The molecule has 2 aromatic carbocycles. The second-order valence-electron chi connectivity index (χ2n) is 11.1. The fourth-order valence-corrected chi connectivity index (χ4v) is 4.89. The average Bonchev–Trinajstić information content (AvgIpc) is 3.03. The Balaban J connectivity index is 1.53. The second-order valence-corrected chi connectivity index (χ2v) is 11.1. The van der Waals surface area contributed by atoms with Crippen LogP contribution in [0.3, 0.4) is 0 Å². The summed E-state index contributed by atoms with van der Waals surface area (Å²) < 4.78 is 0. The SMILES string of the molecule is NCCCC[C@H](N)C(=O)NCCC(=O)Nc1ccc2c(c1)C(=O)c1ccc(NC(=O)CCNC(=O)[C@@H](N)CCCCN)cc1C2=O. The highest BCUT2D eigenvalue weighted by Crippen LogP contribution is 2.31. The van der Waals surface area contributed by atoms with Gasteiger partial charge in [-0.1, -0.05) is 12.8 Å². The van der Waals surface area contributed by atoms with Gasteiger partial charge in [-0.05, 0) is 75.2 Å². The van der Waals surface area contributed by atoms with Gasteiger partial charge in [0.15, 0.2) is 11.6 Å². The summed E-state index contributed by atoms with van der Waals surface area (Å²) in [6, 6.07) is 7.50. The van der Waals surface area contributed by atoms with Crippen molar-refractivity contribution >= 4 is 46.6 Å². The van der Waals surface area contributed by atoms with E-state index in [9.17, 15) is 28.8 Å². The van der Waals surface area contributed by atoms with E-state index in [-0.39, 0.29) is 60.0 Å². The van der Waals surface area contributed by atoms with Crippen LogP contribution in [-0.4, -0.2) is 73.5 Å². The lowest BCUT2D eigenvalue weighted by Crippen LogP contribution is -2.41. The fourth-order valence-electron chi connectivity index (χ4n) is 4.89. The number of hydrogen-bond acceptors (Lipinski definition) is 10. The molecule has 0 bridgehead atoms. The molecule has 3 rings (SSSR count). The molecule has 0 fully saturated rings. The van der Waals surface area contributed by atoms with Crippen LogP contribution in [0.5, 0.6) is 0 Å². The summed E-state index contributed by atoms with van der Waals surface area (Å²) in [4.78, 5) is 75.7. The zero-order valence-corrected chi connectivity index (χ0v) is 25.9. The van der Waals surface area contributed by atoms with Crippen molar-refractivity contribution in [2.45, 2.75) is 63.5 Å². The molecule has 0 heterocycles. The number of rotatable bonds is 18. The first-order chi connectivity index (χ1) is 22.0. The molecule has 0 aromatic heterocycles. The Morgan fingerprint density at radius 3 is 1.35 bits per heavy atom. The van der Waals surface area contributed by atoms with Gasteiger partial charge in [0, 0.05) is 59.6 Å². The number of anilines is 2. The molecule has 0 radical (unpaired) electrons. The number of nitrogens with two attached hydrogens (primary N) is 4. The molecular weight excluding hydrogens is 592 g/mol. The minimum atomic E-state index is -0.671. The Morgan fingerprint density at radius 2 is 0.978 bits per heavy atom. The Kier molecular flexibility index (Phi) is 14.0. The molecule has 248 valence electrons. The van der Waals surface area contributed by atoms with E-state index < -0.39 is 35.5 Å². The molecule has 4 amide bonds. The van der Waals surface area contributed by atoms with Crippen LogP contribution in [-0.2, 0) is 19.2 Å². The van der Waals surface area contributed by atoms with Gasteiger partial charge in [-0.3, -0.25) is 28.8 Å². The van der Waals surface area contributed by atoms with E-state index in [2.05, 4.69) is 21.3 Å². The number of nitrogens with one attached hydrogen (secondary N) is 4. The maximum absolute atomic E-state index is 13.3. The number of carbonyl (C=O) groups excluding carboxylic acids is 6. The predicted octanol–water partition coefficient (Wildman–Crippen LogP) is 0.264. The van der Waals surface area contributed by atoms with Crippen molar-refractivity contribution in [3.63, 3.8) is 0 Å². The van der Waals surface area contributed by atoms with Crippen molar-refractivity contribution in [3.05, 3.63) is 58.7 Å². The summed E-state index contributed by atoms with van der Waals surface area (Å²) in [5.41, 5.74) is 23.9. The van der Waals surface area contributed by atoms with E-state index in [4.69, 9.17) is 22.9 Å². The highest BCUT2D eigenvalue weighted by atomic mass is 16.2. The van der Waals surface area contributed by atoms with Crippen LogP contribution in [0.15, 0.2) is 36.4 Å². The van der Waals surface area contributed by atoms with Crippen molar-refractivity contribution in [1.82, 2.24) is 10.6 Å². The number of unbranched alkanes of at least 4 members (excludes halogenated alkanes) is 2. The molecule has 0 saturated carbocycles. The first-order valence-corrected chi connectivity index (χ1v) is 15.5. The third kappa shape index (κ3) is 10.3. The number of hydrogen-bond donors (Lipinski definition) is 8.